The van der Waals surface area contributed by atoms with E-state index in [2.05, 4.69) is 4.98 Å². The van der Waals surface area contributed by atoms with Crippen LogP contribution in [0, 0.1) is 0 Å². The molecule has 2 amide bonds. The lowest BCUT2D eigenvalue weighted by atomic mass is 10.2. The molecule has 0 aromatic carbocycles. The van der Waals surface area contributed by atoms with Crippen LogP contribution < -0.4 is 0 Å². The molecule has 1 saturated heterocycles. The molecule has 2 rings (SSSR count). The van der Waals surface area contributed by atoms with Gasteiger partial charge in [-0.2, -0.15) is 0 Å². The summed E-state index contributed by atoms with van der Waals surface area (Å²) in [7, 11) is 0. The van der Waals surface area contributed by atoms with Gasteiger partial charge in [0, 0.05) is 38.0 Å². The smallest absolute Gasteiger partial charge is 0.312 e. The van der Waals surface area contributed by atoms with Crippen LogP contribution in [0.1, 0.15) is 24.0 Å². The zero-order valence-corrected chi connectivity index (χ0v) is 13.0. The van der Waals surface area contributed by atoms with Gasteiger partial charge in [0.05, 0.1) is 16.6 Å². The van der Waals surface area contributed by atoms with Gasteiger partial charge >= 0.3 is 11.8 Å². The Balaban J connectivity index is 1.88. The maximum Gasteiger partial charge on any atom is 0.312 e. The molecule has 1 aliphatic heterocycles. The van der Waals surface area contributed by atoms with E-state index in [1.807, 2.05) is 12.3 Å². The highest BCUT2D eigenvalue weighted by Gasteiger charge is 2.31. The largest absolute Gasteiger partial charge is 0.333 e. The third-order valence-electron chi connectivity index (χ3n) is 3.22. The number of aromatic nitrogens is 1. The third-order valence-corrected chi connectivity index (χ3v) is 4.45. The van der Waals surface area contributed by atoms with Gasteiger partial charge in [0.25, 0.3) is 0 Å². The van der Waals surface area contributed by atoms with E-state index in [1.54, 1.807) is 21.1 Å². The van der Waals surface area contributed by atoms with Crippen LogP contribution in [0.5, 0.6) is 0 Å². The second kappa shape index (κ2) is 7.04. The zero-order valence-electron chi connectivity index (χ0n) is 11.5. The number of piperazine rings is 1. The Morgan fingerprint density at radius 2 is 1.90 bits per heavy atom. The summed E-state index contributed by atoms with van der Waals surface area (Å²) in [4.78, 5) is 31.5. The van der Waals surface area contributed by atoms with E-state index in [4.69, 9.17) is 11.6 Å². The molecule has 110 valence electrons. The van der Waals surface area contributed by atoms with Gasteiger partial charge in [-0.3, -0.25) is 9.59 Å². The van der Waals surface area contributed by atoms with E-state index in [1.165, 1.54) is 0 Å². The first-order chi connectivity index (χ1) is 9.65. The number of hydrogen-bond donors (Lipinski definition) is 0. The van der Waals surface area contributed by atoms with Gasteiger partial charge in [0.15, 0.2) is 0 Å². The van der Waals surface area contributed by atoms with Crippen molar-refractivity contribution in [3.8, 4) is 0 Å². The van der Waals surface area contributed by atoms with Crippen molar-refractivity contribution in [2.24, 2.45) is 0 Å². The Kier molecular flexibility index (Phi) is 5.37. The summed E-state index contributed by atoms with van der Waals surface area (Å²) in [6.45, 7) is 4.44. The van der Waals surface area contributed by atoms with Crippen LogP contribution in [-0.2, 0) is 21.9 Å². The first kappa shape index (κ1) is 15.3. The molecule has 0 unspecified atom stereocenters. The monoisotopic (exact) mass is 315 g/mol. The van der Waals surface area contributed by atoms with Crippen molar-refractivity contribution in [1.29, 1.82) is 0 Å². The molecule has 0 aliphatic carbocycles. The van der Waals surface area contributed by atoms with Gasteiger partial charge in [-0.1, -0.05) is 6.92 Å². The van der Waals surface area contributed by atoms with E-state index in [-0.39, 0.29) is 11.8 Å². The minimum Gasteiger partial charge on any atom is -0.333 e. The lowest BCUT2D eigenvalue weighted by Crippen LogP contribution is -2.54. The van der Waals surface area contributed by atoms with Crippen LogP contribution >= 0.6 is 22.9 Å². The van der Waals surface area contributed by atoms with E-state index < -0.39 is 0 Å². The summed E-state index contributed by atoms with van der Waals surface area (Å²) in [5.74, 6) is -0.360. The molecule has 0 saturated carbocycles. The molecule has 0 atom stereocenters. The Bertz CT molecular complexity index is 492. The zero-order chi connectivity index (χ0) is 14.5. The van der Waals surface area contributed by atoms with Crippen molar-refractivity contribution >= 4 is 34.8 Å². The molecule has 0 spiro atoms. The fourth-order valence-electron chi connectivity index (χ4n) is 2.17. The quantitative estimate of drug-likeness (QED) is 0.590. The van der Waals surface area contributed by atoms with Gasteiger partial charge in [-0.15, -0.1) is 22.9 Å². The predicted molar refractivity (Wildman–Crippen MR) is 78.8 cm³/mol. The second-order valence-corrected chi connectivity index (χ2v) is 5.91. The average Bonchev–Trinajstić information content (AvgIpc) is 2.91. The first-order valence-electron chi connectivity index (χ1n) is 6.73. The van der Waals surface area contributed by atoms with Gasteiger partial charge < -0.3 is 9.80 Å². The highest BCUT2D eigenvalue weighted by molar-refractivity contribution is 7.09. The van der Waals surface area contributed by atoms with Gasteiger partial charge in [-0.25, -0.2) is 4.98 Å². The second-order valence-electron chi connectivity index (χ2n) is 4.70. The normalized spacial score (nSPS) is 16.1. The van der Waals surface area contributed by atoms with Crippen molar-refractivity contribution in [2.75, 3.05) is 26.2 Å². The number of rotatable bonds is 6. The minimum absolute atomic E-state index is 0.376. The standard InChI is InChI=1S/C13H18ClN3O2S/c1-2-4-16-6-7-17(13(19)12(16)18)5-3-11-15-10(8-14)9-20-11/h9H,2-8H2,1H3. The SMILES string of the molecule is CCCN1CCN(CCc2nc(CCl)cs2)C(=O)C1=O. The minimum atomic E-state index is -0.390. The average molecular weight is 316 g/mol. The molecule has 1 aliphatic rings. The molecule has 0 radical (unpaired) electrons. The van der Waals surface area contributed by atoms with Crippen LogP contribution in [-0.4, -0.2) is 52.8 Å². The molecular formula is C13H18ClN3O2S. The molecule has 2 heterocycles. The predicted octanol–water partition coefficient (Wildman–Crippen LogP) is 1.51. The van der Waals surface area contributed by atoms with Crippen molar-refractivity contribution in [3.63, 3.8) is 0 Å². The summed E-state index contributed by atoms with van der Waals surface area (Å²) >= 11 is 7.25. The summed E-state index contributed by atoms with van der Waals surface area (Å²) in [5.41, 5.74) is 0.863. The van der Waals surface area contributed by atoms with Crippen LogP contribution in [0.2, 0.25) is 0 Å². The maximum atomic E-state index is 12.0. The third kappa shape index (κ3) is 3.49. The molecule has 0 N–H and O–H groups in total. The molecular weight excluding hydrogens is 298 g/mol. The first-order valence-corrected chi connectivity index (χ1v) is 8.14. The molecule has 20 heavy (non-hydrogen) atoms. The lowest BCUT2D eigenvalue weighted by molar-refractivity contribution is -0.155. The fraction of sp³-hybridized carbons (Fsp3) is 0.615. The summed E-state index contributed by atoms with van der Waals surface area (Å²) in [6, 6.07) is 0. The number of alkyl halides is 1. The number of hydrogen-bond acceptors (Lipinski definition) is 4. The maximum absolute atomic E-state index is 12.0. The number of carbonyl (C=O) groups excluding carboxylic acids is 2. The molecule has 1 aromatic heterocycles. The van der Waals surface area contributed by atoms with Crippen LogP contribution in [0.15, 0.2) is 5.38 Å². The van der Waals surface area contributed by atoms with E-state index in [0.717, 1.165) is 17.1 Å². The van der Waals surface area contributed by atoms with Gasteiger partial charge in [0.1, 0.15) is 0 Å². The Morgan fingerprint density at radius 3 is 2.45 bits per heavy atom. The Labute approximate surface area is 127 Å². The highest BCUT2D eigenvalue weighted by Crippen LogP contribution is 2.14. The topological polar surface area (TPSA) is 53.5 Å². The molecule has 5 nitrogen and oxygen atoms in total. The Morgan fingerprint density at radius 1 is 1.25 bits per heavy atom. The Hall–Kier alpha value is -1.14. The van der Waals surface area contributed by atoms with Crippen molar-refractivity contribution in [1.82, 2.24) is 14.8 Å². The number of thiazole rings is 1. The number of amides is 2. The van der Waals surface area contributed by atoms with Gasteiger partial charge in [0.2, 0.25) is 0 Å². The van der Waals surface area contributed by atoms with Crippen molar-refractivity contribution in [3.05, 3.63) is 16.1 Å². The molecule has 1 aromatic rings. The summed E-state index contributed by atoms with van der Waals surface area (Å²) in [6.07, 6.45) is 1.55. The lowest BCUT2D eigenvalue weighted by Gasteiger charge is -2.33. The molecule has 1 fully saturated rings. The summed E-state index contributed by atoms with van der Waals surface area (Å²) in [5, 5.41) is 2.88. The fourth-order valence-corrected chi connectivity index (χ4v) is 3.18. The highest BCUT2D eigenvalue weighted by atomic mass is 35.5. The van der Waals surface area contributed by atoms with E-state index in [9.17, 15) is 9.59 Å². The summed E-state index contributed by atoms with van der Waals surface area (Å²) < 4.78 is 0. The molecule has 7 heteroatoms. The number of carbonyl (C=O) groups is 2. The van der Waals surface area contributed by atoms with Crippen molar-refractivity contribution < 1.29 is 9.59 Å². The van der Waals surface area contributed by atoms with Crippen LogP contribution in [0.4, 0.5) is 0 Å². The van der Waals surface area contributed by atoms with Gasteiger partial charge in [-0.05, 0) is 6.42 Å². The number of nitrogens with zero attached hydrogens (tertiary/aromatic N) is 3. The van der Waals surface area contributed by atoms with Crippen LogP contribution in [0.3, 0.4) is 0 Å². The van der Waals surface area contributed by atoms with E-state index in [0.29, 0.717) is 38.5 Å². The molecule has 0 bridgehead atoms. The van der Waals surface area contributed by atoms with Crippen LogP contribution in [0.25, 0.3) is 0 Å². The van der Waals surface area contributed by atoms with Crippen molar-refractivity contribution in [2.45, 2.75) is 25.6 Å². The van der Waals surface area contributed by atoms with E-state index >= 15 is 0 Å². The number of halogens is 1.